The van der Waals surface area contributed by atoms with Crippen molar-refractivity contribution in [1.82, 2.24) is 20.1 Å². The number of amides is 1. The van der Waals surface area contributed by atoms with Crippen LogP contribution in [-0.4, -0.2) is 25.6 Å². The van der Waals surface area contributed by atoms with Crippen LogP contribution in [0.2, 0.25) is 0 Å². The third-order valence-corrected chi connectivity index (χ3v) is 3.69. The Morgan fingerprint density at radius 1 is 1.24 bits per heavy atom. The van der Waals surface area contributed by atoms with Gasteiger partial charge in [0.2, 0.25) is 0 Å². The van der Waals surface area contributed by atoms with Crippen LogP contribution < -0.4 is 5.32 Å². The maximum Gasteiger partial charge on any atom is 0.285 e. The fourth-order valence-electron chi connectivity index (χ4n) is 2.52. The molecule has 1 aromatic carbocycles. The first kappa shape index (κ1) is 16.3. The summed E-state index contributed by atoms with van der Waals surface area (Å²) in [6.45, 7) is 1.78. The number of nitro benzene ring substituents is 1. The molecule has 0 aliphatic rings. The minimum Gasteiger partial charge on any atom is -0.348 e. The number of aromatic nitrogens is 3. The Labute approximate surface area is 143 Å². The maximum absolute atomic E-state index is 12.4. The van der Waals surface area contributed by atoms with Crippen molar-refractivity contribution in [3.05, 3.63) is 81.8 Å². The highest BCUT2D eigenvalue weighted by atomic mass is 16.6. The standard InChI is InChI=1S/C17H15N5O3/c1-12-5-2-7-14(15(12)22(24)25)17(23)19-11-13-6-3-8-18-16(13)21-10-4-9-20-21/h2-10H,11H2,1H3,(H,19,23). The molecule has 2 aromatic heterocycles. The molecule has 0 saturated heterocycles. The zero-order valence-corrected chi connectivity index (χ0v) is 13.4. The smallest absolute Gasteiger partial charge is 0.285 e. The largest absolute Gasteiger partial charge is 0.348 e. The number of benzene rings is 1. The summed E-state index contributed by atoms with van der Waals surface area (Å²) in [4.78, 5) is 27.4. The highest BCUT2D eigenvalue weighted by Crippen LogP contribution is 2.23. The summed E-state index contributed by atoms with van der Waals surface area (Å²) < 4.78 is 1.59. The fourth-order valence-corrected chi connectivity index (χ4v) is 2.52. The first-order valence-electron chi connectivity index (χ1n) is 7.54. The molecule has 3 rings (SSSR count). The van der Waals surface area contributed by atoms with E-state index in [1.807, 2.05) is 6.07 Å². The molecular formula is C17H15N5O3. The van der Waals surface area contributed by atoms with E-state index in [0.717, 1.165) is 5.56 Å². The molecule has 0 bridgehead atoms. The van der Waals surface area contributed by atoms with Gasteiger partial charge in [-0.25, -0.2) is 9.67 Å². The van der Waals surface area contributed by atoms with Gasteiger partial charge in [0.15, 0.2) is 5.82 Å². The molecule has 8 nitrogen and oxygen atoms in total. The SMILES string of the molecule is Cc1cccc(C(=O)NCc2cccnc2-n2cccn2)c1[N+](=O)[O-]. The van der Waals surface area contributed by atoms with Crippen molar-refractivity contribution >= 4 is 11.6 Å². The van der Waals surface area contributed by atoms with Crippen LogP contribution in [0.5, 0.6) is 0 Å². The Bertz CT molecular complexity index is 922. The summed E-state index contributed by atoms with van der Waals surface area (Å²) >= 11 is 0. The van der Waals surface area contributed by atoms with Gasteiger partial charge in [-0.2, -0.15) is 5.10 Å². The molecule has 8 heteroatoms. The molecule has 0 aliphatic heterocycles. The monoisotopic (exact) mass is 337 g/mol. The van der Waals surface area contributed by atoms with Gasteiger partial charge in [0.25, 0.3) is 11.6 Å². The highest BCUT2D eigenvalue weighted by molar-refractivity contribution is 5.98. The molecule has 1 N–H and O–H groups in total. The second-order valence-electron chi connectivity index (χ2n) is 5.35. The number of nitro groups is 1. The van der Waals surface area contributed by atoms with Crippen molar-refractivity contribution in [3.63, 3.8) is 0 Å². The van der Waals surface area contributed by atoms with E-state index in [1.54, 1.807) is 54.5 Å². The molecule has 0 aliphatic carbocycles. The molecule has 25 heavy (non-hydrogen) atoms. The van der Waals surface area contributed by atoms with E-state index in [9.17, 15) is 14.9 Å². The Balaban J connectivity index is 1.83. The maximum atomic E-state index is 12.4. The predicted molar refractivity (Wildman–Crippen MR) is 90.4 cm³/mol. The van der Waals surface area contributed by atoms with Crippen molar-refractivity contribution in [2.45, 2.75) is 13.5 Å². The number of carbonyl (C=O) groups is 1. The van der Waals surface area contributed by atoms with Crippen LogP contribution in [0.4, 0.5) is 5.69 Å². The summed E-state index contributed by atoms with van der Waals surface area (Å²) in [5.74, 6) is 0.0808. The Morgan fingerprint density at radius 3 is 2.80 bits per heavy atom. The van der Waals surface area contributed by atoms with Gasteiger partial charge in [-0.3, -0.25) is 14.9 Å². The van der Waals surface area contributed by atoms with E-state index in [1.165, 1.54) is 6.07 Å². The third-order valence-electron chi connectivity index (χ3n) is 3.69. The van der Waals surface area contributed by atoms with E-state index in [4.69, 9.17) is 0 Å². The quantitative estimate of drug-likeness (QED) is 0.569. The summed E-state index contributed by atoms with van der Waals surface area (Å²) in [5.41, 5.74) is 1.04. The second kappa shape index (κ2) is 6.91. The Kier molecular flexibility index (Phi) is 4.51. The number of hydrogen-bond donors (Lipinski definition) is 1. The number of nitrogens with zero attached hydrogens (tertiary/aromatic N) is 4. The van der Waals surface area contributed by atoms with Crippen LogP contribution >= 0.6 is 0 Å². The van der Waals surface area contributed by atoms with Gasteiger partial charge in [-0.1, -0.05) is 18.2 Å². The van der Waals surface area contributed by atoms with Gasteiger partial charge in [0.05, 0.1) is 4.92 Å². The molecule has 0 fully saturated rings. The van der Waals surface area contributed by atoms with Crippen LogP contribution in [0.1, 0.15) is 21.5 Å². The van der Waals surface area contributed by atoms with E-state index in [2.05, 4.69) is 15.4 Å². The molecule has 3 aromatic rings. The summed E-state index contributed by atoms with van der Waals surface area (Å²) in [6.07, 6.45) is 5.01. The van der Waals surface area contributed by atoms with Crippen molar-refractivity contribution in [1.29, 1.82) is 0 Å². The zero-order valence-electron chi connectivity index (χ0n) is 13.4. The van der Waals surface area contributed by atoms with Gasteiger partial charge < -0.3 is 5.32 Å². The van der Waals surface area contributed by atoms with Crippen molar-refractivity contribution in [2.75, 3.05) is 0 Å². The average molecular weight is 337 g/mol. The number of hydrogen-bond acceptors (Lipinski definition) is 5. The lowest BCUT2D eigenvalue weighted by atomic mass is 10.1. The van der Waals surface area contributed by atoms with Crippen molar-refractivity contribution in [3.8, 4) is 5.82 Å². The van der Waals surface area contributed by atoms with E-state index in [0.29, 0.717) is 11.4 Å². The van der Waals surface area contributed by atoms with Crippen molar-refractivity contribution in [2.24, 2.45) is 0 Å². The summed E-state index contributed by atoms with van der Waals surface area (Å²) in [6, 6.07) is 10.0. The first-order valence-corrected chi connectivity index (χ1v) is 7.54. The molecule has 0 saturated carbocycles. The van der Waals surface area contributed by atoms with Gasteiger partial charge in [0, 0.05) is 36.3 Å². The molecule has 1 amide bonds. The van der Waals surface area contributed by atoms with Crippen LogP contribution in [-0.2, 0) is 6.54 Å². The average Bonchev–Trinajstić information content (AvgIpc) is 3.13. The van der Waals surface area contributed by atoms with Crippen LogP contribution in [0.25, 0.3) is 5.82 Å². The van der Waals surface area contributed by atoms with Gasteiger partial charge in [-0.05, 0) is 25.1 Å². The number of aryl methyl sites for hydroxylation is 1. The van der Waals surface area contributed by atoms with Crippen LogP contribution in [0.15, 0.2) is 55.0 Å². The van der Waals surface area contributed by atoms with Crippen LogP contribution in [0, 0.1) is 17.0 Å². The number of nitrogens with one attached hydrogen (secondary N) is 1. The molecule has 0 atom stereocenters. The topological polar surface area (TPSA) is 103 Å². The van der Waals surface area contributed by atoms with Gasteiger partial charge in [-0.15, -0.1) is 0 Å². The molecule has 2 heterocycles. The Hall–Kier alpha value is -3.55. The second-order valence-corrected chi connectivity index (χ2v) is 5.35. The lowest BCUT2D eigenvalue weighted by molar-refractivity contribution is -0.385. The molecular weight excluding hydrogens is 322 g/mol. The highest BCUT2D eigenvalue weighted by Gasteiger charge is 2.22. The fraction of sp³-hybridized carbons (Fsp3) is 0.118. The number of carbonyl (C=O) groups excluding carboxylic acids is 1. The lowest BCUT2D eigenvalue weighted by Gasteiger charge is -2.10. The predicted octanol–water partition coefficient (Wildman–Crippen LogP) is 2.41. The lowest BCUT2D eigenvalue weighted by Crippen LogP contribution is -2.25. The normalized spacial score (nSPS) is 10.4. The zero-order chi connectivity index (χ0) is 17.8. The first-order chi connectivity index (χ1) is 12.1. The summed E-state index contributed by atoms with van der Waals surface area (Å²) in [7, 11) is 0. The molecule has 0 radical (unpaired) electrons. The summed E-state index contributed by atoms with van der Waals surface area (Å²) in [5, 5.41) is 18.1. The molecule has 0 spiro atoms. The van der Waals surface area contributed by atoms with Gasteiger partial charge >= 0.3 is 0 Å². The van der Waals surface area contributed by atoms with E-state index >= 15 is 0 Å². The van der Waals surface area contributed by atoms with E-state index < -0.39 is 10.8 Å². The van der Waals surface area contributed by atoms with Crippen LogP contribution in [0.3, 0.4) is 0 Å². The molecule has 0 unspecified atom stereocenters. The van der Waals surface area contributed by atoms with E-state index in [-0.39, 0.29) is 17.8 Å². The minimum atomic E-state index is -0.538. The minimum absolute atomic E-state index is 0.0366. The van der Waals surface area contributed by atoms with Crippen molar-refractivity contribution < 1.29 is 9.72 Å². The van der Waals surface area contributed by atoms with Gasteiger partial charge in [0.1, 0.15) is 5.56 Å². The Morgan fingerprint density at radius 2 is 2.08 bits per heavy atom. The number of para-hydroxylation sites is 1. The number of pyridine rings is 1. The number of rotatable bonds is 5. The third kappa shape index (κ3) is 3.37. The molecule has 126 valence electrons.